The Kier molecular flexibility index (Phi) is 4.65. The average Bonchev–Trinajstić information content (AvgIpc) is 2.62. The van der Waals surface area contributed by atoms with Crippen LogP contribution in [0.4, 0.5) is 0 Å². The topological polar surface area (TPSA) is 83.4 Å². The summed E-state index contributed by atoms with van der Waals surface area (Å²) in [6.07, 6.45) is 6.10. The van der Waals surface area contributed by atoms with Crippen LogP contribution in [-0.4, -0.2) is 38.4 Å². The maximum Gasteiger partial charge on any atom is 0.339 e. The number of hydrogen-bond acceptors (Lipinski definition) is 4. The standard InChI is InChI=1S/C14H19N3O3/c1-2-10-3-4-13(18)17(6-5-10)8-12-11(14(19)20)7-15-9-16-12/h7,9-10H,2-6,8H2,1H3,(H,19,20). The molecule has 1 fully saturated rings. The van der Waals surface area contributed by atoms with Crippen LogP contribution in [0.25, 0.3) is 0 Å². The molecule has 1 amide bonds. The Morgan fingerprint density at radius 1 is 1.50 bits per heavy atom. The maximum absolute atomic E-state index is 12.1. The molecule has 2 rings (SSSR count). The first-order chi connectivity index (χ1) is 9.61. The SMILES string of the molecule is CCC1CCC(=O)N(Cc2ncncc2C(=O)O)CC1. The number of aromatic nitrogens is 2. The van der Waals surface area contributed by atoms with Gasteiger partial charge >= 0.3 is 5.97 Å². The summed E-state index contributed by atoms with van der Waals surface area (Å²) < 4.78 is 0. The van der Waals surface area contributed by atoms with Crippen LogP contribution in [0.2, 0.25) is 0 Å². The molecule has 6 nitrogen and oxygen atoms in total. The fourth-order valence-electron chi connectivity index (χ4n) is 2.51. The van der Waals surface area contributed by atoms with Gasteiger partial charge in [-0.05, 0) is 18.8 Å². The van der Waals surface area contributed by atoms with Gasteiger partial charge in [-0.3, -0.25) is 4.79 Å². The highest BCUT2D eigenvalue weighted by atomic mass is 16.4. The van der Waals surface area contributed by atoms with E-state index in [1.807, 2.05) is 0 Å². The molecule has 20 heavy (non-hydrogen) atoms. The van der Waals surface area contributed by atoms with Crippen LogP contribution in [-0.2, 0) is 11.3 Å². The quantitative estimate of drug-likeness (QED) is 0.905. The lowest BCUT2D eigenvalue weighted by Crippen LogP contribution is -2.31. The fourth-order valence-corrected chi connectivity index (χ4v) is 2.51. The third-order valence-corrected chi connectivity index (χ3v) is 3.87. The van der Waals surface area contributed by atoms with Crippen LogP contribution in [0.3, 0.4) is 0 Å². The van der Waals surface area contributed by atoms with E-state index in [9.17, 15) is 9.59 Å². The molecule has 1 aliphatic heterocycles. The van der Waals surface area contributed by atoms with Crippen LogP contribution in [0, 0.1) is 5.92 Å². The van der Waals surface area contributed by atoms with Crippen molar-refractivity contribution in [2.24, 2.45) is 5.92 Å². The van der Waals surface area contributed by atoms with E-state index in [0.29, 0.717) is 24.6 Å². The molecule has 1 atom stereocenters. The van der Waals surface area contributed by atoms with Crippen LogP contribution < -0.4 is 0 Å². The number of carboxylic acids is 1. The predicted octanol–water partition coefficient (Wildman–Crippen LogP) is 1.71. The van der Waals surface area contributed by atoms with Crippen molar-refractivity contribution >= 4 is 11.9 Å². The number of carbonyl (C=O) groups excluding carboxylic acids is 1. The van der Waals surface area contributed by atoms with Crippen molar-refractivity contribution in [2.75, 3.05) is 6.54 Å². The Hall–Kier alpha value is -1.98. The molecule has 1 aromatic heterocycles. The Bertz CT molecular complexity index is 504. The van der Waals surface area contributed by atoms with E-state index in [1.165, 1.54) is 12.5 Å². The number of carbonyl (C=O) groups is 2. The summed E-state index contributed by atoms with van der Waals surface area (Å²) in [5.74, 6) is -0.404. The van der Waals surface area contributed by atoms with Gasteiger partial charge in [-0.2, -0.15) is 0 Å². The van der Waals surface area contributed by atoms with Crippen molar-refractivity contribution in [1.29, 1.82) is 0 Å². The van der Waals surface area contributed by atoms with Crippen molar-refractivity contribution in [1.82, 2.24) is 14.9 Å². The summed E-state index contributed by atoms with van der Waals surface area (Å²) >= 11 is 0. The molecule has 0 bridgehead atoms. The van der Waals surface area contributed by atoms with Crippen LogP contribution in [0.5, 0.6) is 0 Å². The Labute approximate surface area is 117 Å². The summed E-state index contributed by atoms with van der Waals surface area (Å²) in [5, 5.41) is 9.11. The number of nitrogens with zero attached hydrogens (tertiary/aromatic N) is 3. The molecular formula is C14H19N3O3. The minimum Gasteiger partial charge on any atom is -0.478 e. The van der Waals surface area contributed by atoms with Crippen molar-refractivity contribution in [3.8, 4) is 0 Å². The second kappa shape index (κ2) is 6.45. The summed E-state index contributed by atoms with van der Waals surface area (Å²) in [6, 6.07) is 0. The highest BCUT2D eigenvalue weighted by Crippen LogP contribution is 2.22. The molecule has 1 aromatic rings. The third kappa shape index (κ3) is 3.31. The molecule has 1 aliphatic rings. The Morgan fingerprint density at radius 3 is 3.00 bits per heavy atom. The van der Waals surface area contributed by atoms with E-state index in [0.717, 1.165) is 19.3 Å². The van der Waals surface area contributed by atoms with Crippen molar-refractivity contribution in [3.05, 3.63) is 23.8 Å². The van der Waals surface area contributed by atoms with Crippen LogP contribution in [0.15, 0.2) is 12.5 Å². The highest BCUT2D eigenvalue weighted by molar-refractivity contribution is 5.88. The van der Waals surface area contributed by atoms with Crippen LogP contribution in [0.1, 0.15) is 48.7 Å². The molecule has 108 valence electrons. The molecule has 0 radical (unpaired) electrons. The first kappa shape index (κ1) is 14.4. The average molecular weight is 277 g/mol. The minimum absolute atomic E-state index is 0.0663. The van der Waals surface area contributed by atoms with Gasteiger partial charge in [-0.1, -0.05) is 13.3 Å². The van der Waals surface area contributed by atoms with E-state index in [-0.39, 0.29) is 18.0 Å². The van der Waals surface area contributed by atoms with Gasteiger partial charge in [-0.15, -0.1) is 0 Å². The number of likely N-dealkylation sites (tertiary alicyclic amines) is 1. The van der Waals surface area contributed by atoms with E-state index < -0.39 is 5.97 Å². The molecule has 0 aromatic carbocycles. The Balaban J connectivity index is 2.13. The lowest BCUT2D eigenvalue weighted by atomic mass is 9.98. The van der Waals surface area contributed by atoms with Crippen LogP contribution >= 0.6 is 0 Å². The Morgan fingerprint density at radius 2 is 2.30 bits per heavy atom. The predicted molar refractivity (Wildman–Crippen MR) is 72.0 cm³/mol. The number of carboxylic acid groups (broad SMARTS) is 1. The molecule has 1 N–H and O–H groups in total. The van der Waals surface area contributed by atoms with Gasteiger partial charge in [-0.25, -0.2) is 14.8 Å². The summed E-state index contributed by atoms with van der Waals surface area (Å²) in [7, 11) is 0. The van der Waals surface area contributed by atoms with Gasteiger partial charge in [0.25, 0.3) is 0 Å². The van der Waals surface area contributed by atoms with Gasteiger partial charge < -0.3 is 10.0 Å². The van der Waals surface area contributed by atoms with Gasteiger partial charge in [0.05, 0.1) is 12.2 Å². The largest absolute Gasteiger partial charge is 0.478 e. The maximum atomic E-state index is 12.1. The second-order valence-electron chi connectivity index (χ2n) is 5.11. The molecule has 6 heteroatoms. The van der Waals surface area contributed by atoms with E-state index in [4.69, 9.17) is 5.11 Å². The molecule has 0 saturated carbocycles. The molecule has 1 saturated heterocycles. The van der Waals surface area contributed by atoms with E-state index in [1.54, 1.807) is 4.90 Å². The van der Waals surface area contributed by atoms with Gasteiger partial charge in [0.2, 0.25) is 5.91 Å². The monoisotopic (exact) mass is 277 g/mol. The third-order valence-electron chi connectivity index (χ3n) is 3.87. The molecule has 0 aliphatic carbocycles. The summed E-state index contributed by atoms with van der Waals surface area (Å²) in [4.78, 5) is 32.7. The zero-order valence-corrected chi connectivity index (χ0v) is 11.6. The van der Waals surface area contributed by atoms with E-state index >= 15 is 0 Å². The van der Waals surface area contributed by atoms with Crippen molar-refractivity contribution < 1.29 is 14.7 Å². The summed E-state index contributed by atoms with van der Waals surface area (Å²) in [5.41, 5.74) is 0.465. The number of hydrogen-bond donors (Lipinski definition) is 1. The fraction of sp³-hybridized carbons (Fsp3) is 0.571. The lowest BCUT2D eigenvalue weighted by Gasteiger charge is -2.21. The van der Waals surface area contributed by atoms with Gasteiger partial charge in [0.15, 0.2) is 0 Å². The van der Waals surface area contributed by atoms with E-state index in [2.05, 4.69) is 16.9 Å². The molecule has 1 unspecified atom stereocenters. The number of amides is 1. The number of rotatable bonds is 4. The smallest absolute Gasteiger partial charge is 0.339 e. The highest BCUT2D eigenvalue weighted by Gasteiger charge is 2.23. The first-order valence-electron chi connectivity index (χ1n) is 6.91. The molecule has 2 heterocycles. The molecular weight excluding hydrogens is 258 g/mol. The lowest BCUT2D eigenvalue weighted by molar-refractivity contribution is -0.131. The van der Waals surface area contributed by atoms with Crippen molar-refractivity contribution in [3.63, 3.8) is 0 Å². The van der Waals surface area contributed by atoms with Gasteiger partial charge in [0, 0.05) is 19.2 Å². The second-order valence-corrected chi connectivity index (χ2v) is 5.11. The van der Waals surface area contributed by atoms with Crippen molar-refractivity contribution in [2.45, 2.75) is 39.2 Å². The molecule has 0 spiro atoms. The van der Waals surface area contributed by atoms with Gasteiger partial charge in [0.1, 0.15) is 11.9 Å². The number of aromatic carboxylic acids is 1. The summed E-state index contributed by atoms with van der Waals surface area (Å²) in [6.45, 7) is 3.05. The normalized spacial score (nSPS) is 19.8. The zero-order valence-electron chi connectivity index (χ0n) is 11.6. The zero-order chi connectivity index (χ0) is 14.5. The first-order valence-corrected chi connectivity index (χ1v) is 6.91. The minimum atomic E-state index is -1.06.